The van der Waals surface area contributed by atoms with Crippen LogP contribution < -0.4 is 16.0 Å². The highest BCUT2D eigenvalue weighted by atomic mass is 16.5. The summed E-state index contributed by atoms with van der Waals surface area (Å²) in [7, 11) is 0. The molecule has 6 heteroatoms. The molecule has 2 heterocycles. The zero-order valence-electron chi connectivity index (χ0n) is 12.9. The normalized spacial score (nSPS) is 18.9. The summed E-state index contributed by atoms with van der Waals surface area (Å²) in [5.41, 5.74) is 7.94. The van der Waals surface area contributed by atoms with E-state index in [0.29, 0.717) is 26.3 Å². The van der Waals surface area contributed by atoms with Crippen LogP contribution >= 0.6 is 0 Å². The van der Waals surface area contributed by atoms with Crippen LogP contribution in [0.15, 0.2) is 12.3 Å². The van der Waals surface area contributed by atoms with Gasteiger partial charge in [-0.25, -0.2) is 4.98 Å². The summed E-state index contributed by atoms with van der Waals surface area (Å²) in [6.45, 7) is 7.91. The van der Waals surface area contributed by atoms with Gasteiger partial charge in [0.2, 0.25) is 5.91 Å². The number of anilines is 1. The molecule has 3 N–H and O–H groups in total. The molecule has 116 valence electrons. The number of aryl methyl sites for hydroxylation is 1. The Morgan fingerprint density at radius 1 is 1.62 bits per heavy atom. The van der Waals surface area contributed by atoms with E-state index in [1.807, 2.05) is 31.7 Å². The molecule has 1 saturated heterocycles. The molecular weight excluding hydrogens is 268 g/mol. The molecule has 0 aromatic carbocycles. The first-order valence-corrected chi connectivity index (χ1v) is 7.34. The fraction of sp³-hybridized carbons (Fsp3) is 0.600. The highest BCUT2D eigenvalue weighted by Gasteiger charge is 2.32. The van der Waals surface area contributed by atoms with Gasteiger partial charge >= 0.3 is 0 Å². The zero-order chi connectivity index (χ0) is 15.4. The number of aromatic nitrogens is 1. The molecule has 0 radical (unpaired) electrons. The molecule has 1 fully saturated rings. The number of ether oxygens (including phenoxy) is 1. The maximum atomic E-state index is 12.4. The van der Waals surface area contributed by atoms with Crippen LogP contribution in [0.3, 0.4) is 0 Å². The first kappa shape index (κ1) is 15.7. The standard InChI is InChI=1S/C15H24N4O2/c1-10(2)18-15(20)13-9-21-7-6-19(13)14-12(8-16)11(3)4-5-17-14/h4-5,10,13H,6-9,16H2,1-3H3,(H,18,20). The van der Waals surface area contributed by atoms with Crippen molar-refractivity contribution in [1.29, 1.82) is 0 Å². The van der Waals surface area contributed by atoms with E-state index < -0.39 is 0 Å². The maximum Gasteiger partial charge on any atom is 0.245 e. The number of nitrogens with zero attached hydrogens (tertiary/aromatic N) is 2. The quantitative estimate of drug-likeness (QED) is 0.848. The molecule has 0 saturated carbocycles. The highest BCUT2D eigenvalue weighted by molar-refractivity contribution is 5.85. The van der Waals surface area contributed by atoms with Gasteiger partial charge in [-0.2, -0.15) is 0 Å². The third kappa shape index (κ3) is 3.51. The molecule has 1 aliphatic heterocycles. The van der Waals surface area contributed by atoms with Crippen molar-refractivity contribution >= 4 is 11.7 Å². The van der Waals surface area contributed by atoms with Gasteiger partial charge in [0.1, 0.15) is 11.9 Å². The van der Waals surface area contributed by atoms with Gasteiger partial charge in [-0.15, -0.1) is 0 Å². The first-order chi connectivity index (χ1) is 10.0. The van der Waals surface area contributed by atoms with Crippen molar-refractivity contribution in [1.82, 2.24) is 10.3 Å². The Hall–Kier alpha value is -1.66. The second-order valence-corrected chi connectivity index (χ2v) is 5.58. The summed E-state index contributed by atoms with van der Waals surface area (Å²) in [5.74, 6) is 0.765. The fourth-order valence-electron chi connectivity index (χ4n) is 2.53. The van der Waals surface area contributed by atoms with E-state index in [-0.39, 0.29) is 18.0 Å². The minimum Gasteiger partial charge on any atom is -0.377 e. The number of hydrogen-bond donors (Lipinski definition) is 2. The Balaban J connectivity index is 2.31. The number of morpholine rings is 1. The Morgan fingerprint density at radius 2 is 2.38 bits per heavy atom. The number of carbonyl (C=O) groups excluding carboxylic acids is 1. The maximum absolute atomic E-state index is 12.4. The van der Waals surface area contributed by atoms with Crippen LogP contribution in [0, 0.1) is 6.92 Å². The molecule has 0 bridgehead atoms. The molecule has 1 aromatic rings. The Kier molecular flexibility index (Phi) is 5.14. The van der Waals surface area contributed by atoms with Crippen molar-refractivity contribution in [2.45, 2.75) is 39.4 Å². The molecular formula is C15H24N4O2. The summed E-state index contributed by atoms with van der Waals surface area (Å²) in [5, 5.41) is 2.94. The predicted octanol–water partition coefficient (Wildman–Crippen LogP) is 0.579. The van der Waals surface area contributed by atoms with Crippen molar-refractivity contribution in [3.63, 3.8) is 0 Å². The summed E-state index contributed by atoms with van der Waals surface area (Å²) in [4.78, 5) is 18.9. The van der Waals surface area contributed by atoms with Crippen LogP contribution in [-0.4, -0.2) is 42.7 Å². The SMILES string of the molecule is Cc1ccnc(N2CCOCC2C(=O)NC(C)C)c1CN. The third-order valence-electron chi connectivity index (χ3n) is 3.61. The van der Waals surface area contributed by atoms with Gasteiger partial charge < -0.3 is 20.7 Å². The summed E-state index contributed by atoms with van der Waals surface area (Å²) < 4.78 is 5.48. The van der Waals surface area contributed by atoms with Gasteiger partial charge in [-0.05, 0) is 32.4 Å². The number of hydrogen-bond acceptors (Lipinski definition) is 5. The molecule has 0 aliphatic carbocycles. The number of nitrogens with one attached hydrogen (secondary N) is 1. The lowest BCUT2D eigenvalue weighted by atomic mass is 10.1. The number of amides is 1. The molecule has 2 rings (SSSR count). The molecule has 6 nitrogen and oxygen atoms in total. The van der Waals surface area contributed by atoms with Crippen LogP contribution in [0.5, 0.6) is 0 Å². The molecule has 1 aromatic heterocycles. The van der Waals surface area contributed by atoms with E-state index >= 15 is 0 Å². The molecule has 1 amide bonds. The number of rotatable bonds is 4. The van der Waals surface area contributed by atoms with E-state index in [4.69, 9.17) is 10.5 Å². The van der Waals surface area contributed by atoms with Crippen LogP contribution in [0.4, 0.5) is 5.82 Å². The van der Waals surface area contributed by atoms with Crippen molar-refractivity contribution in [3.05, 3.63) is 23.4 Å². The Bertz CT molecular complexity index is 504. The van der Waals surface area contributed by atoms with Gasteiger partial charge in [0.05, 0.1) is 13.2 Å². The molecule has 1 atom stereocenters. The van der Waals surface area contributed by atoms with Gasteiger partial charge in [-0.3, -0.25) is 4.79 Å². The Morgan fingerprint density at radius 3 is 3.05 bits per heavy atom. The minimum absolute atomic E-state index is 0.0315. The molecule has 1 aliphatic rings. The largest absolute Gasteiger partial charge is 0.377 e. The smallest absolute Gasteiger partial charge is 0.245 e. The molecule has 21 heavy (non-hydrogen) atoms. The summed E-state index contributed by atoms with van der Waals surface area (Å²) in [6.07, 6.45) is 1.76. The topological polar surface area (TPSA) is 80.5 Å². The van der Waals surface area contributed by atoms with Crippen molar-refractivity contribution in [2.24, 2.45) is 5.73 Å². The van der Waals surface area contributed by atoms with Crippen LogP contribution in [0.2, 0.25) is 0 Å². The van der Waals surface area contributed by atoms with Gasteiger partial charge in [0.25, 0.3) is 0 Å². The van der Waals surface area contributed by atoms with E-state index in [1.54, 1.807) is 6.20 Å². The second-order valence-electron chi connectivity index (χ2n) is 5.58. The van der Waals surface area contributed by atoms with Crippen molar-refractivity contribution < 1.29 is 9.53 Å². The second kappa shape index (κ2) is 6.87. The zero-order valence-corrected chi connectivity index (χ0v) is 12.9. The summed E-state index contributed by atoms with van der Waals surface area (Å²) in [6, 6.07) is 1.68. The van der Waals surface area contributed by atoms with Crippen molar-refractivity contribution in [3.8, 4) is 0 Å². The van der Waals surface area contributed by atoms with Gasteiger partial charge in [-0.1, -0.05) is 0 Å². The van der Waals surface area contributed by atoms with Crippen LogP contribution in [0.25, 0.3) is 0 Å². The highest BCUT2D eigenvalue weighted by Crippen LogP contribution is 2.24. The lowest BCUT2D eigenvalue weighted by Gasteiger charge is -2.37. The Labute approximate surface area is 125 Å². The molecule has 0 spiro atoms. The lowest BCUT2D eigenvalue weighted by molar-refractivity contribution is -0.125. The van der Waals surface area contributed by atoms with Gasteiger partial charge in [0.15, 0.2) is 0 Å². The first-order valence-electron chi connectivity index (χ1n) is 7.34. The van der Waals surface area contributed by atoms with Gasteiger partial charge in [0, 0.05) is 30.9 Å². The minimum atomic E-state index is -0.360. The number of nitrogens with two attached hydrogens (primary N) is 1. The number of pyridine rings is 1. The number of carbonyl (C=O) groups is 1. The van der Waals surface area contributed by atoms with Crippen LogP contribution in [-0.2, 0) is 16.1 Å². The van der Waals surface area contributed by atoms with E-state index in [9.17, 15) is 4.79 Å². The fourth-order valence-corrected chi connectivity index (χ4v) is 2.53. The van der Waals surface area contributed by atoms with Crippen LogP contribution in [0.1, 0.15) is 25.0 Å². The lowest BCUT2D eigenvalue weighted by Crippen LogP contribution is -2.55. The predicted molar refractivity (Wildman–Crippen MR) is 82.1 cm³/mol. The van der Waals surface area contributed by atoms with E-state index in [0.717, 1.165) is 16.9 Å². The average molecular weight is 292 g/mol. The average Bonchev–Trinajstić information content (AvgIpc) is 2.46. The molecule has 1 unspecified atom stereocenters. The third-order valence-corrected chi connectivity index (χ3v) is 3.61. The monoisotopic (exact) mass is 292 g/mol. The van der Waals surface area contributed by atoms with E-state index in [1.165, 1.54) is 0 Å². The van der Waals surface area contributed by atoms with E-state index in [2.05, 4.69) is 10.3 Å². The summed E-state index contributed by atoms with van der Waals surface area (Å²) >= 11 is 0. The van der Waals surface area contributed by atoms with Crippen molar-refractivity contribution in [2.75, 3.05) is 24.7 Å².